The summed E-state index contributed by atoms with van der Waals surface area (Å²) >= 11 is 0. The number of hydrogen-bond donors (Lipinski definition) is 4. The molecule has 2 amide bonds. The molecule has 152 valence electrons. The van der Waals surface area contributed by atoms with Gasteiger partial charge in [0.25, 0.3) is 11.8 Å². The van der Waals surface area contributed by atoms with Gasteiger partial charge < -0.3 is 20.4 Å². The maximum atomic E-state index is 12.4. The Hall–Kier alpha value is -2.96. The SMILES string of the molecule is CNC(=O)c1cccc(NC(=O)C[NH+]2CC[NH+](C/C=C/c3ccccc3)CC2)c1. The quantitative estimate of drug-likeness (QED) is 0.511. The number of anilines is 1. The Morgan fingerprint density at radius 2 is 1.69 bits per heavy atom. The van der Waals surface area contributed by atoms with E-state index in [4.69, 9.17) is 0 Å². The van der Waals surface area contributed by atoms with Crippen LogP contribution in [-0.4, -0.2) is 58.1 Å². The summed E-state index contributed by atoms with van der Waals surface area (Å²) in [6.45, 7) is 5.57. The number of quaternary nitrogens is 2. The largest absolute Gasteiger partial charge is 0.355 e. The number of benzene rings is 2. The van der Waals surface area contributed by atoms with Crippen molar-refractivity contribution in [3.63, 3.8) is 0 Å². The zero-order valence-electron chi connectivity index (χ0n) is 16.9. The van der Waals surface area contributed by atoms with E-state index in [1.165, 1.54) is 10.5 Å². The topological polar surface area (TPSA) is 67.1 Å². The highest BCUT2D eigenvalue weighted by atomic mass is 16.2. The van der Waals surface area contributed by atoms with Crippen LogP contribution >= 0.6 is 0 Å². The second kappa shape index (κ2) is 10.5. The van der Waals surface area contributed by atoms with Crippen LogP contribution in [0.4, 0.5) is 5.69 Å². The van der Waals surface area contributed by atoms with Gasteiger partial charge in [0.15, 0.2) is 6.54 Å². The lowest BCUT2D eigenvalue weighted by Crippen LogP contribution is -3.28. The van der Waals surface area contributed by atoms with Crippen molar-refractivity contribution in [3.8, 4) is 0 Å². The Bertz CT molecular complexity index is 843. The van der Waals surface area contributed by atoms with Crippen LogP contribution < -0.4 is 20.4 Å². The zero-order valence-corrected chi connectivity index (χ0v) is 16.9. The minimum atomic E-state index is -0.160. The van der Waals surface area contributed by atoms with Gasteiger partial charge in [-0.05, 0) is 29.8 Å². The molecule has 0 bridgehead atoms. The van der Waals surface area contributed by atoms with Gasteiger partial charge in [-0.25, -0.2) is 0 Å². The van der Waals surface area contributed by atoms with E-state index in [0.29, 0.717) is 17.8 Å². The molecule has 6 nitrogen and oxygen atoms in total. The molecule has 6 heteroatoms. The van der Waals surface area contributed by atoms with Crippen LogP contribution in [0, 0.1) is 0 Å². The monoisotopic (exact) mass is 394 g/mol. The maximum Gasteiger partial charge on any atom is 0.279 e. The lowest BCUT2D eigenvalue weighted by molar-refractivity contribution is -1.01. The van der Waals surface area contributed by atoms with Gasteiger partial charge in [-0.1, -0.05) is 42.5 Å². The molecule has 2 aromatic carbocycles. The Morgan fingerprint density at radius 3 is 2.41 bits per heavy atom. The number of amides is 2. The van der Waals surface area contributed by atoms with Gasteiger partial charge >= 0.3 is 0 Å². The Morgan fingerprint density at radius 1 is 0.966 bits per heavy atom. The van der Waals surface area contributed by atoms with Crippen LogP contribution in [0.15, 0.2) is 60.7 Å². The number of hydrogen-bond acceptors (Lipinski definition) is 2. The molecule has 1 aliphatic rings. The summed E-state index contributed by atoms with van der Waals surface area (Å²) in [4.78, 5) is 27.0. The van der Waals surface area contributed by atoms with Gasteiger partial charge in [-0.3, -0.25) is 9.59 Å². The molecule has 29 heavy (non-hydrogen) atoms. The van der Waals surface area contributed by atoms with Crippen LogP contribution in [0.5, 0.6) is 0 Å². The second-order valence-corrected chi connectivity index (χ2v) is 7.40. The van der Waals surface area contributed by atoms with Gasteiger partial charge in [0.1, 0.15) is 26.2 Å². The van der Waals surface area contributed by atoms with Gasteiger partial charge in [-0.15, -0.1) is 0 Å². The standard InChI is InChI=1S/C23H28N4O2/c1-24-23(29)20-10-5-11-21(17-20)25-22(28)18-27-15-13-26(14-16-27)12-6-9-19-7-3-2-4-8-19/h2-11,17H,12-16,18H2,1H3,(H,24,29)(H,25,28)/p+2/b9-6+. The van der Waals surface area contributed by atoms with E-state index in [-0.39, 0.29) is 11.8 Å². The Balaban J connectivity index is 1.40. The van der Waals surface area contributed by atoms with Crippen molar-refractivity contribution >= 4 is 23.6 Å². The predicted molar refractivity (Wildman–Crippen MR) is 115 cm³/mol. The van der Waals surface area contributed by atoms with Gasteiger partial charge in [0, 0.05) is 18.3 Å². The number of nitrogens with one attached hydrogen (secondary N) is 4. The molecule has 1 saturated heterocycles. The molecule has 1 fully saturated rings. The van der Waals surface area contributed by atoms with Crippen LogP contribution in [0.3, 0.4) is 0 Å². The van der Waals surface area contributed by atoms with Crippen molar-refractivity contribution < 1.29 is 19.4 Å². The van der Waals surface area contributed by atoms with Gasteiger partial charge in [0.2, 0.25) is 0 Å². The lowest BCUT2D eigenvalue weighted by Gasteiger charge is -2.28. The third-order valence-corrected chi connectivity index (χ3v) is 5.23. The highest BCUT2D eigenvalue weighted by Gasteiger charge is 2.24. The van der Waals surface area contributed by atoms with Crippen LogP contribution in [0.2, 0.25) is 0 Å². The zero-order chi connectivity index (χ0) is 20.5. The fourth-order valence-electron chi connectivity index (χ4n) is 3.58. The number of piperazine rings is 1. The molecule has 3 rings (SSSR count). The average molecular weight is 395 g/mol. The molecule has 0 aliphatic carbocycles. The van der Waals surface area contributed by atoms with Crippen molar-refractivity contribution in [3.05, 3.63) is 71.8 Å². The first-order chi connectivity index (χ1) is 14.1. The van der Waals surface area contributed by atoms with E-state index in [1.54, 1.807) is 36.2 Å². The van der Waals surface area contributed by atoms with Crippen LogP contribution in [0.25, 0.3) is 6.08 Å². The number of carbonyl (C=O) groups excluding carboxylic acids is 2. The van der Waals surface area contributed by atoms with E-state index in [2.05, 4.69) is 47.1 Å². The van der Waals surface area contributed by atoms with E-state index in [0.717, 1.165) is 32.7 Å². The second-order valence-electron chi connectivity index (χ2n) is 7.40. The van der Waals surface area contributed by atoms with Gasteiger partial charge in [-0.2, -0.15) is 0 Å². The van der Waals surface area contributed by atoms with Crippen LogP contribution in [0.1, 0.15) is 15.9 Å². The molecule has 0 radical (unpaired) electrons. The fraction of sp³-hybridized carbons (Fsp3) is 0.304. The summed E-state index contributed by atoms with van der Waals surface area (Å²) in [5.41, 5.74) is 2.43. The van der Waals surface area contributed by atoms with E-state index in [9.17, 15) is 9.59 Å². The lowest BCUT2D eigenvalue weighted by atomic mass is 10.2. The molecule has 4 N–H and O–H groups in total. The summed E-state index contributed by atoms with van der Waals surface area (Å²) in [5, 5.41) is 5.51. The van der Waals surface area contributed by atoms with Crippen molar-refractivity contribution in [2.24, 2.45) is 0 Å². The third-order valence-electron chi connectivity index (χ3n) is 5.23. The first kappa shape index (κ1) is 20.8. The summed E-state index contributed by atoms with van der Waals surface area (Å²) in [6.07, 6.45) is 4.41. The van der Waals surface area contributed by atoms with Crippen molar-refractivity contribution in [2.45, 2.75) is 0 Å². The van der Waals surface area contributed by atoms with Crippen molar-refractivity contribution in [2.75, 3.05) is 51.6 Å². The molecular formula is C23H30N4O2+2. The predicted octanol–water partition coefficient (Wildman–Crippen LogP) is -0.518. The third kappa shape index (κ3) is 6.55. The summed E-state index contributed by atoms with van der Waals surface area (Å²) in [7, 11) is 1.59. The molecular weight excluding hydrogens is 364 g/mol. The fourth-order valence-corrected chi connectivity index (χ4v) is 3.58. The molecule has 0 saturated carbocycles. The average Bonchev–Trinajstić information content (AvgIpc) is 2.75. The Labute approximate surface area is 172 Å². The molecule has 1 aliphatic heterocycles. The Kier molecular flexibility index (Phi) is 7.55. The first-order valence-corrected chi connectivity index (χ1v) is 10.1. The maximum absolute atomic E-state index is 12.4. The minimum absolute atomic E-state index is 0.0125. The molecule has 2 aromatic rings. The molecule has 1 heterocycles. The minimum Gasteiger partial charge on any atom is -0.355 e. The highest BCUT2D eigenvalue weighted by molar-refractivity contribution is 5.97. The number of rotatable bonds is 7. The van der Waals surface area contributed by atoms with E-state index >= 15 is 0 Å². The van der Waals surface area contributed by atoms with Crippen molar-refractivity contribution in [1.82, 2.24) is 5.32 Å². The molecule has 0 atom stereocenters. The van der Waals surface area contributed by atoms with Crippen molar-refractivity contribution in [1.29, 1.82) is 0 Å². The van der Waals surface area contributed by atoms with E-state index < -0.39 is 0 Å². The first-order valence-electron chi connectivity index (χ1n) is 10.1. The van der Waals surface area contributed by atoms with Gasteiger partial charge in [0.05, 0.1) is 6.54 Å². The summed E-state index contributed by atoms with van der Waals surface area (Å²) in [5.74, 6) is -0.173. The van der Waals surface area contributed by atoms with E-state index in [1.807, 2.05) is 6.07 Å². The highest BCUT2D eigenvalue weighted by Crippen LogP contribution is 2.10. The normalized spacial score (nSPS) is 19.1. The summed E-state index contributed by atoms with van der Waals surface area (Å²) in [6, 6.07) is 17.4. The molecule has 0 unspecified atom stereocenters. The smallest absolute Gasteiger partial charge is 0.279 e. The summed E-state index contributed by atoms with van der Waals surface area (Å²) < 4.78 is 0. The molecule has 0 spiro atoms. The number of carbonyl (C=O) groups is 2. The van der Waals surface area contributed by atoms with Crippen LogP contribution in [-0.2, 0) is 4.79 Å². The molecule has 0 aromatic heterocycles.